The van der Waals surface area contributed by atoms with Crippen molar-refractivity contribution in [2.75, 3.05) is 13.1 Å². The number of hydrogen-bond donors (Lipinski definition) is 3. The van der Waals surface area contributed by atoms with E-state index >= 15 is 0 Å². The Balaban J connectivity index is 1.56. The van der Waals surface area contributed by atoms with E-state index in [2.05, 4.69) is 25.5 Å². The molecule has 164 valence electrons. The number of alkyl halides is 2. The van der Waals surface area contributed by atoms with Crippen molar-refractivity contribution in [2.24, 2.45) is 4.99 Å². The van der Waals surface area contributed by atoms with E-state index < -0.39 is 12.7 Å². The Bertz CT molecular complexity index is 962. The number of hydrogen-bond acceptors (Lipinski definition) is 4. The molecule has 3 N–H and O–H groups in total. The Morgan fingerprint density at radius 2 is 1.84 bits per heavy atom. The van der Waals surface area contributed by atoms with Crippen molar-refractivity contribution < 1.29 is 18.6 Å². The molecule has 1 atom stereocenters. The Morgan fingerprint density at radius 3 is 2.52 bits per heavy atom. The summed E-state index contributed by atoms with van der Waals surface area (Å²) in [6.45, 7) is 0.277. The van der Waals surface area contributed by atoms with Gasteiger partial charge >= 0.3 is 6.61 Å². The second kappa shape index (κ2) is 11.1. The Labute approximate surface area is 179 Å². The van der Waals surface area contributed by atoms with Crippen molar-refractivity contribution in [3.63, 3.8) is 0 Å². The molecule has 0 aliphatic rings. The molecule has 9 heteroatoms. The topological polar surface area (TPSA) is 83.7 Å². The Morgan fingerprint density at radius 1 is 1.10 bits per heavy atom. The van der Waals surface area contributed by atoms with Crippen LogP contribution in [0.3, 0.4) is 0 Å². The number of ether oxygens (including phenoxy) is 1. The summed E-state index contributed by atoms with van der Waals surface area (Å²) in [5, 5.41) is 21.1. The Kier molecular flexibility index (Phi) is 7.94. The Hall–Kier alpha value is -3.46. The highest BCUT2D eigenvalue weighted by atomic mass is 19.3. The lowest BCUT2D eigenvalue weighted by Crippen LogP contribution is -2.39. The number of para-hydroxylation sites is 1. The molecule has 0 saturated heterocycles. The molecular weight excluding hydrogens is 404 g/mol. The molecule has 0 radical (unpaired) electrons. The number of aliphatic hydroxyl groups excluding tert-OH is 1. The first kappa shape index (κ1) is 22.2. The lowest BCUT2D eigenvalue weighted by molar-refractivity contribution is -0.0498. The third kappa shape index (κ3) is 6.78. The van der Waals surface area contributed by atoms with Crippen molar-refractivity contribution >= 4 is 5.96 Å². The van der Waals surface area contributed by atoms with E-state index in [1.807, 2.05) is 49.5 Å². The van der Waals surface area contributed by atoms with Crippen molar-refractivity contribution in [2.45, 2.75) is 26.2 Å². The second-order valence-electron chi connectivity index (χ2n) is 6.63. The lowest BCUT2D eigenvalue weighted by Gasteiger charge is -2.16. The number of halogens is 2. The van der Waals surface area contributed by atoms with Crippen LogP contribution in [0.15, 0.2) is 71.9 Å². The highest BCUT2D eigenvalue weighted by molar-refractivity contribution is 5.79. The van der Waals surface area contributed by atoms with Crippen LogP contribution in [0, 0.1) is 0 Å². The number of nitrogens with one attached hydrogen (secondary N) is 2. The maximum Gasteiger partial charge on any atom is 0.387 e. The van der Waals surface area contributed by atoms with Crippen LogP contribution in [-0.2, 0) is 6.54 Å². The predicted molar refractivity (Wildman–Crippen MR) is 114 cm³/mol. The minimum Gasteiger partial charge on any atom is -0.435 e. The van der Waals surface area contributed by atoms with Gasteiger partial charge in [0.15, 0.2) is 5.96 Å². The number of guanidine groups is 1. The zero-order chi connectivity index (χ0) is 22.1. The van der Waals surface area contributed by atoms with Gasteiger partial charge in [0.2, 0.25) is 0 Å². The summed E-state index contributed by atoms with van der Waals surface area (Å²) in [4.78, 5) is 4.51. The van der Waals surface area contributed by atoms with E-state index in [4.69, 9.17) is 0 Å². The number of rotatable bonds is 9. The van der Waals surface area contributed by atoms with Gasteiger partial charge in [0, 0.05) is 19.3 Å². The number of benzene rings is 2. The van der Waals surface area contributed by atoms with Gasteiger partial charge in [0.1, 0.15) is 5.75 Å². The quantitative estimate of drug-likeness (QED) is 0.359. The molecule has 0 spiro atoms. The molecule has 0 aliphatic heterocycles. The highest BCUT2D eigenvalue weighted by Crippen LogP contribution is 2.19. The van der Waals surface area contributed by atoms with Gasteiger partial charge in [-0.15, -0.1) is 0 Å². The van der Waals surface area contributed by atoms with Crippen LogP contribution in [0.25, 0.3) is 5.69 Å². The minimum absolute atomic E-state index is 0.0451. The van der Waals surface area contributed by atoms with E-state index in [1.54, 1.807) is 16.8 Å². The molecule has 1 aromatic heterocycles. The molecule has 1 unspecified atom stereocenters. The molecule has 31 heavy (non-hydrogen) atoms. The van der Waals surface area contributed by atoms with Crippen LogP contribution in [0.1, 0.15) is 24.3 Å². The first-order valence-electron chi connectivity index (χ1n) is 9.90. The molecule has 7 nitrogen and oxygen atoms in total. The summed E-state index contributed by atoms with van der Waals surface area (Å²) in [5.74, 6) is 0.581. The number of nitrogens with zero attached hydrogens (tertiary/aromatic N) is 3. The smallest absolute Gasteiger partial charge is 0.387 e. The van der Waals surface area contributed by atoms with Gasteiger partial charge in [-0.1, -0.05) is 30.3 Å². The van der Waals surface area contributed by atoms with Crippen molar-refractivity contribution in [1.29, 1.82) is 0 Å². The number of aromatic nitrogens is 2. The van der Waals surface area contributed by atoms with Gasteiger partial charge in [-0.2, -0.15) is 13.9 Å². The average Bonchev–Trinajstić information content (AvgIpc) is 3.25. The average molecular weight is 429 g/mol. The molecule has 0 aliphatic carbocycles. The largest absolute Gasteiger partial charge is 0.435 e. The monoisotopic (exact) mass is 429 g/mol. The van der Waals surface area contributed by atoms with E-state index in [0.717, 1.165) is 11.4 Å². The van der Waals surface area contributed by atoms with Gasteiger partial charge in [-0.3, -0.25) is 0 Å². The van der Waals surface area contributed by atoms with E-state index in [0.29, 0.717) is 24.6 Å². The summed E-state index contributed by atoms with van der Waals surface area (Å²) in [5.41, 5.74) is 2.35. The molecule has 1 heterocycles. The van der Waals surface area contributed by atoms with Crippen LogP contribution >= 0.6 is 0 Å². The van der Waals surface area contributed by atoms with Gasteiger partial charge in [-0.25, -0.2) is 9.67 Å². The number of aliphatic imine (C=N–C) groups is 1. The number of aliphatic hydroxyl groups is 1. The SMILES string of the molecule is CCNC(=NCc1ccn(-c2ccccc2)n1)NCC(O)c1ccc(OC(F)F)cc1. The van der Waals surface area contributed by atoms with Crippen LogP contribution < -0.4 is 15.4 Å². The molecule has 3 rings (SSSR count). The summed E-state index contributed by atoms with van der Waals surface area (Å²) in [6.07, 6.45) is 1.04. The maximum atomic E-state index is 12.2. The molecule has 0 saturated carbocycles. The molecule has 0 fully saturated rings. The zero-order valence-electron chi connectivity index (χ0n) is 17.1. The molecule has 3 aromatic rings. The summed E-state index contributed by atoms with van der Waals surface area (Å²) >= 11 is 0. The fraction of sp³-hybridized carbons (Fsp3) is 0.273. The summed E-state index contributed by atoms with van der Waals surface area (Å²) < 4.78 is 30.6. The van der Waals surface area contributed by atoms with Crippen molar-refractivity contribution in [3.05, 3.63) is 78.1 Å². The molecule has 0 amide bonds. The van der Waals surface area contributed by atoms with Gasteiger partial charge in [0.25, 0.3) is 0 Å². The van der Waals surface area contributed by atoms with Crippen molar-refractivity contribution in [3.8, 4) is 11.4 Å². The van der Waals surface area contributed by atoms with E-state index in [-0.39, 0.29) is 12.3 Å². The zero-order valence-corrected chi connectivity index (χ0v) is 17.1. The van der Waals surface area contributed by atoms with Crippen LogP contribution in [0.5, 0.6) is 5.75 Å². The fourth-order valence-corrected chi connectivity index (χ4v) is 2.85. The van der Waals surface area contributed by atoms with Gasteiger partial charge < -0.3 is 20.5 Å². The van der Waals surface area contributed by atoms with Crippen LogP contribution in [0.4, 0.5) is 8.78 Å². The predicted octanol–water partition coefficient (Wildman–Crippen LogP) is 3.26. The fourth-order valence-electron chi connectivity index (χ4n) is 2.85. The minimum atomic E-state index is -2.88. The van der Waals surface area contributed by atoms with Gasteiger partial charge in [0.05, 0.1) is 24.0 Å². The molecule has 0 bridgehead atoms. The van der Waals surface area contributed by atoms with Gasteiger partial charge in [-0.05, 0) is 42.8 Å². The standard InChI is InChI=1S/C22H25F2N5O2/c1-2-25-22(26-14-17-12-13-29(28-17)18-6-4-3-5-7-18)27-15-20(30)16-8-10-19(11-9-16)31-21(23)24/h3-13,20-21,30H,2,14-15H2,1H3,(H2,25,26,27). The maximum absolute atomic E-state index is 12.2. The molecular formula is C22H25F2N5O2. The normalized spacial score (nSPS) is 12.6. The third-order valence-corrected chi connectivity index (χ3v) is 4.36. The van der Waals surface area contributed by atoms with Crippen LogP contribution in [0.2, 0.25) is 0 Å². The first-order valence-corrected chi connectivity index (χ1v) is 9.90. The second-order valence-corrected chi connectivity index (χ2v) is 6.63. The highest BCUT2D eigenvalue weighted by Gasteiger charge is 2.10. The van der Waals surface area contributed by atoms with E-state index in [1.165, 1.54) is 12.1 Å². The lowest BCUT2D eigenvalue weighted by atomic mass is 10.1. The van der Waals surface area contributed by atoms with Crippen molar-refractivity contribution in [1.82, 2.24) is 20.4 Å². The first-order chi connectivity index (χ1) is 15.0. The molecule has 2 aromatic carbocycles. The van der Waals surface area contributed by atoms with Crippen LogP contribution in [-0.4, -0.2) is 40.5 Å². The summed E-state index contributed by atoms with van der Waals surface area (Å²) in [6, 6.07) is 17.6. The third-order valence-electron chi connectivity index (χ3n) is 4.36. The summed E-state index contributed by atoms with van der Waals surface area (Å²) in [7, 11) is 0. The van der Waals surface area contributed by atoms with E-state index in [9.17, 15) is 13.9 Å².